The predicted molar refractivity (Wildman–Crippen MR) is 242 cm³/mol. The summed E-state index contributed by atoms with van der Waals surface area (Å²) in [5.74, 6) is 0. The molecule has 2 heteroatoms. The Morgan fingerprint density at radius 1 is 0.414 bits per heavy atom. The Kier molecular flexibility index (Phi) is 7.27. The number of benzene rings is 7. The maximum atomic E-state index is 6.64. The summed E-state index contributed by atoms with van der Waals surface area (Å²) in [5, 5.41) is 2.31. The Balaban J connectivity index is 1.18. The summed E-state index contributed by atoms with van der Waals surface area (Å²) < 4.78 is 6.64. The Labute approximate surface area is 342 Å². The Hall–Kier alpha value is -5.86. The molecule has 4 aliphatic rings. The summed E-state index contributed by atoms with van der Waals surface area (Å²) in [6, 6.07) is 48.5. The van der Waals surface area contributed by atoms with E-state index in [1.807, 2.05) is 0 Å². The summed E-state index contributed by atoms with van der Waals surface area (Å²) in [6.45, 7) is 9.63. The molecule has 58 heavy (non-hydrogen) atoms. The molecule has 0 N–H and O–H groups in total. The predicted octanol–water partition coefficient (Wildman–Crippen LogP) is 15.1. The van der Waals surface area contributed by atoms with E-state index in [1.54, 1.807) is 22.3 Å². The first-order valence-electron chi connectivity index (χ1n) is 21.7. The molecule has 0 atom stereocenters. The maximum Gasteiger partial charge on any atom is 0.137 e. The van der Waals surface area contributed by atoms with Crippen LogP contribution in [0.1, 0.15) is 97.9 Å². The second-order valence-corrected chi connectivity index (χ2v) is 18.5. The number of rotatable bonds is 4. The van der Waals surface area contributed by atoms with Gasteiger partial charge in [-0.25, -0.2) is 0 Å². The second-order valence-electron chi connectivity index (χ2n) is 18.5. The minimum absolute atomic E-state index is 0.127. The van der Waals surface area contributed by atoms with Crippen LogP contribution in [0.2, 0.25) is 0 Å². The zero-order chi connectivity index (χ0) is 38.9. The van der Waals surface area contributed by atoms with Gasteiger partial charge in [0.15, 0.2) is 0 Å². The fourth-order valence-corrected chi connectivity index (χ4v) is 11.7. The lowest BCUT2D eigenvalue weighted by molar-refractivity contribution is 0.641. The number of anilines is 3. The Morgan fingerprint density at radius 2 is 1.00 bits per heavy atom. The topological polar surface area (TPSA) is 16.4 Å². The van der Waals surface area contributed by atoms with Crippen molar-refractivity contribution >= 4 is 39.0 Å². The van der Waals surface area contributed by atoms with Crippen LogP contribution in [0.15, 0.2) is 132 Å². The molecule has 0 saturated carbocycles. The molecule has 12 rings (SSSR count). The molecule has 2 nitrogen and oxygen atoms in total. The lowest BCUT2D eigenvalue weighted by Crippen LogP contribution is -2.19. The molecule has 0 radical (unpaired) electrons. The van der Waals surface area contributed by atoms with Crippen LogP contribution in [0.25, 0.3) is 55.3 Å². The zero-order valence-electron chi connectivity index (χ0n) is 34.1. The van der Waals surface area contributed by atoms with Crippen molar-refractivity contribution in [3.8, 4) is 33.4 Å². The monoisotopic (exact) mass is 751 g/mol. The molecule has 0 spiro atoms. The van der Waals surface area contributed by atoms with Crippen molar-refractivity contribution in [2.75, 3.05) is 4.90 Å². The second kappa shape index (κ2) is 12.3. The molecule has 1 aromatic heterocycles. The molecule has 0 bridgehead atoms. The highest BCUT2D eigenvalue weighted by molar-refractivity contribution is 6.06. The smallest absolute Gasteiger partial charge is 0.137 e. The van der Waals surface area contributed by atoms with Crippen LogP contribution in [0.3, 0.4) is 0 Å². The highest BCUT2D eigenvalue weighted by atomic mass is 16.3. The van der Waals surface area contributed by atoms with E-state index >= 15 is 0 Å². The SMILES string of the molecule is CC1(C)c2ccccc2-c2ccc(N(c3ccc4c(c3)oc3ccccc34)c3cc4c(cc3-c3cc5c(c6c3CCCC6)CCCC5)-c3ccccc3C4(C)C)cc21. The summed E-state index contributed by atoms with van der Waals surface area (Å²) in [7, 11) is 0. The van der Waals surface area contributed by atoms with E-state index in [4.69, 9.17) is 4.42 Å². The van der Waals surface area contributed by atoms with Crippen LogP contribution < -0.4 is 4.90 Å². The van der Waals surface area contributed by atoms with Crippen molar-refractivity contribution in [3.63, 3.8) is 0 Å². The van der Waals surface area contributed by atoms with Crippen molar-refractivity contribution in [2.24, 2.45) is 0 Å². The van der Waals surface area contributed by atoms with Gasteiger partial charge in [-0.3, -0.25) is 0 Å². The largest absolute Gasteiger partial charge is 0.456 e. The van der Waals surface area contributed by atoms with E-state index in [0.717, 1.165) is 34.0 Å². The lowest BCUT2D eigenvalue weighted by atomic mass is 9.76. The summed E-state index contributed by atoms with van der Waals surface area (Å²) in [6.07, 6.45) is 9.89. The van der Waals surface area contributed by atoms with Gasteiger partial charge in [0.25, 0.3) is 0 Å². The van der Waals surface area contributed by atoms with Gasteiger partial charge < -0.3 is 9.32 Å². The standard InChI is InChI=1S/C56H49NO/c1-55(2)48-22-12-9-19-40(48)42-27-25-35(30-50(42)55)57(36-26-28-44-43-21-11-14-24-53(43)58-54(44)31-36)52-33-51-46(41-20-10-13-23-49(41)56(51,3)4)32-47(52)45-29-34-15-5-6-16-37(34)38-17-7-8-18-39(38)45/h9-14,19-33H,5-8,15-18H2,1-4H3. The molecule has 0 saturated heterocycles. The number of nitrogens with zero attached hydrogens (tertiary/aromatic N) is 1. The normalized spacial score (nSPS) is 16.7. The molecule has 1 heterocycles. The van der Waals surface area contributed by atoms with Crippen molar-refractivity contribution < 1.29 is 4.42 Å². The molecule has 4 aliphatic carbocycles. The molecule has 0 amide bonds. The number of furan rings is 1. The van der Waals surface area contributed by atoms with Gasteiger partial charge in [0.05, 0.1) is 5.69 Å². The number of fused-ring (bicyclic) bond motifs is 12. The van der Waals surface area contributed by atoms with Gasteiger partial charge in [0, 0.05) is 44.6 Å². The fourth-order valence-electron chi connectivity index (χ4n) is 11.7. The molecule has 284 valence electrons. The van der Waals surface area contributed by atoms with E-state index < -0.39 is 0 Å². The Bertz CT molecular complexity index is 3030. The van der Waals surface area contributed by atoms with Gasteiger partial charge in [-0.15, -0.1) is 0 Å². The first kappa shape index (κ1) is 34.2. The number of para-hydroxylation sites is 1. The van der Waals surface area contributed by atoms with Gasteiger partial charge in [0.2, 0.25) is 0 Å². The van der Waals surface area contributed by atoms with Crippen LogP contribution in [-0.2, 0) is 36.5 Å². The molecule has 0 fully saturated rings. The van der Waals surface area contributed by atoms with Crippen molar-refractivity contribution in [3.05, 3.63) is 172 Å². The van der Waals surface area contributed by atoms with Crippen LogP contribution in [-0.4, -0.2) is 0 Å². The first-order chi connectivity index (χ1) is 28.3. The average molecular weight is 752 g/mol. The molecule has 0 unspecified atom stereocenters. The van der Waals surface area contributed by atoms with E-state index in [9.17, 15) is 0 Å². The van der Waals surface area contributed by atoms with Gasteiger partial charge in [-0.05, 0) is 166 Å². The highest BCUT2D eigenvalue weighted by Crippen LogP contribution is 2.56. The van der Waals surface area contributed by atoms with Crippen molar-refractivity contribution in [1.29, 1.82) is 0 Å². The number of hydrogen-bond acceptors (Lipinski definition) is 2. The van der Waals surface area contributed by atoms with Crippen LogP contribution in [0.5, 0.6) is 0 Å². The molecule has 0 aliphatic heterocycles. The minimum atomic E-state index is -0.148. The summed E-state index contributed by atoms with van der Waals surface area (Å²) in [4.78, 5) is 2.58. The van der Waals surface area contributed by atoms with Gasteiger partial charge in [-0.1, -0.05) is 107 Å². The third kappa shape index (κ3) is 4.78. The molecular formula is C56H49NO. The third-order valence-corrected chi connectivity index (χ3v) is 14.7. The van der Waals surface area contributed by atoms with Crippen molar-refractivity contribution in [2.45, 2.75) is 89.9 Å². The zero-order valence-corrected chi connectivity index (χ0v) is 34.1. The number of hydrogen-bond donors (Lipinski definition) is 0. The van der Waals surface area contributed by atoms with E-state index in [2.05, 4.69) is 160 Å². The fraction of sp³-hybridized carbons (Fsp3) is 0.250. The van der Waals surface area contributed by atoms with E-state index in [0.29, 0.717) is 0 Å². The van der Waals surface area contributed by atoms with Gasteiger partial charge >= 0.3 is 0 Å². The summed E-state index contributed by atoms with van der Waals surface area (Å²) >= 11 is 0. The highest BCUT2D eigenvalue weighted by Gasteiger charge is 2.39. The van der Waals surface area contributed by atoms with Crippen LogP contribution in [0.4, 0.5) is 17.1 Å². The summed E-state index contributed by atoms with van der Waals surface area (Å²) in [5.41, 5.74) is 25.4. The Morgan fingerprint density at radius 3 is 1.79 bits per heavy atom. The average Bonchev–Trinajstić information content (AvgIpc) is 3.82. The number of aryl methyl sites for hydroxylation is 1. The lowest BCUT2D eigenvalue weighted by Gasteiger charge is -2.33. The third-order valence-electron chi connectivity index (χ3n) is 14.7. The van der Waals surface area contributed by atoms with Crippen LogP contribution >= 0.6 is 0 Å². The van der Waals surface area contributed by atoms with Gasteiger partial charge in [0.1, 0.15) is 11.2 Å². The minimum Gasteiger partial charge on any atom is -0.456 e. The first-order valence-corrected chi connectivity index (χ1v) is 21.7. The van der Waals surface area contributed by atoms with Gasteiger partial charge in [-0.2, -0.15) is 0 Å². The molecule has 8 aromatic rings. The van der Waals surface area contributed by atoms with E-state index in [-0.39, 0.29) is 10.8 Å². The quantitative estimate of drug-likeness (QED) is 0.178. The molecule has 7 aromatic carbocycles. The van der Waals surface area contributed by atoms with Crippen molar-refractivity contribution in [1.82, 2.24) is 0 Å². The van der Waals surface area contributed by atoms with Crippen LogP contribution in [0, 0.1) is 0 Å². The maximum absolute atomic E-state index is 6.64. The molecular weight excluding hydrogens is 703 g/mol. The van der Waals surface area contributed by atoms with E-state index in [1.165, 1.54) is 112 Å².